The molecule has 0 aromatic heterocycles. The Labute approximate surface area is 94.2 Å². The predicted octanol–water partition coefficient (Wildman–Crippen LogP) is 3.48. The smallest absolute Gasteiger partial charge is 0.142 e. The predicted molar refractivity (Wildman–Crippen MR) is 60.4 cm³/mol. The van der Waals surface area contributed by atoms with Crippen LogP contribution in [0.15, 0.2) is 30.9 Å². The molecule has 1 atom stereocenters. The minimum Gasteiger partial charge on any atom is -0.324 e. The molecule has 0 heterocycles. The molecule has 0 radical (unpaired) electrons. The van der Waals surface area contributed by atoms with E-state index in [-0.39, 0.29) is 23.5 Å². The van der Waals surface area contributed by atoms with Crippen LogP contribution in [0.1, 0.15) is 18.0 Å². The highest BCUT2D eigenvalue weighted by atomic mass is 35.5. The van der Waals surface area contributed by atoms with E-state index in [1.807, 2.05) is 0 Å². The maximum Gasteiger partial charge on any atom is 0.142 e. The summed E-state index contributed by atoms with van der Waals surface area (Å²) in [4.78, 5) is 0. The minimum absolute atomic E-state index is 0. The zero-order chi connectivity index (χ0) is 9.84. The maximum absolute atomic E-state index is 13.0. The Morgan fingerprint density at radius 2 is 2.21 bits per heavy atom. The van der Waals surface area contributed by atoms with E-state index in [1.54, 1.807) is 18.2 Å². The van der Waals surface area contributed by atoms with Gasteiger partial charge in [-0.3, -0.25) is 0 Å². The highest BCUT2D eigenvalue weighted by Gasteiger charge is 2.11. The fourth-order valence-electron chi connectivity index (χ4n) is 1.11. The van der Waals surface area contributed by atoms with E-state index in [9.17, 15) is 4.39 Å². The molecule has 0 bridgehead atoms. The first-order valence-electron chi connectivity index (χ1n) is 3.97. The third-order valence-corrected chi connectivity index (χ3v) is 2.20. The number of benzene rings is 1. The number of hydrogen-bond donors (Lipinski definition) is 1. The van der Waals surface area contributed by atoms with Gasteiger partial charge in [-0.1, -0.05) is 29.8 Å². The van der Waals surface area contributed by atoms with Gasteiger partial charge in [0.1, 0.15) is 5.82 Å². The molecule has 0 saturated carbocycles. The fourth-order valence-corrected chi connectivity index (χ4v) is 1.38. The average molecular weight is 236 g/mol. The number of halogens is 3. The van der Waals surface area contributed by atoms with Crippen molar-refractivity contribution < 1.29 is 4.39 Å². The van der Waals surface area contributed by atoms with Gasteiger partial charge in [0.05, 0.1) is 5.02 Å². The van der Waals surface area contributed by atoms with Crippen molar-refractivity contribution in [1.29, 1.82) is 0 Å². The topological polar surface area (TPSA) is 26.0 Å². The Bertz CT molecular complexity index is 315. The van der Waals surface area contributed by atoms with Crippen LogP contribution < -0.4 is 5.73 Å². The molecule has 78 valence electrons. The number of nitrogens with two attached hydrogens (primary N) is 1. The van der Waals surface area contributed by atoms with Gasteiger partial charge in [0.2, 0.25) is 0 Å². The Kier molecular flexibility index (Phi) is 5.77. The van der Waals surface area contributed by atoms with Crippen molar-refractivity contribution in [3.63, 3.8) is 0 Å². The van der Waals surface area contributed by atoms with Gasteiger partial charge in [-0.15, -0.1) is 19.0 Å². The molecule has 0 fully saturated rings. The lowest BCUT2D eigenvalue weighted by Gasteiger charge is -2.11. The van der Waals surface area contributed by atoms with Crippen LogP contribution in [-0.4, -0.2) is 0 Å². The molecule has 1 aromatic carbocycles. The molecule has 2 N–H and O–H groups in total. The standard InChI is InChI=1S/C10H11ClFN.ClH/c1-2-4-9(13)7-5-3-6-8(12)10(7)11;/h2-3,5-6,9H,1,4,13H2;1H/t9-;/m1./s1. The van der Waals surface area contributed by atoms with Gasteiger partial charge in [-0.25, -0.2) is 4.39 Å². The van der Waals surface area contributed by atoms with Gasteiger partial charge in [0, 0.05) is 6.04 Å². The van der Waals surface area contributed by atoms with Crippen molar-refractivity contribution in [2.45, 2.75) is 12.5 Å². The van der Waals surface area contributed by atoms with Gasteiger partial charge in [0.15, 0.2) is 0 Å². The summed E-state index contributed by atoms with van der Waals surface area (Å²) in [6.45, 7) is 3.56. The van der Waals surface area contributed by atoms with E-state index in [2.05, 4.69) is 6.58 Å². The van der Waals surface area contributed by atoms with Crippen LogP contribution in [0.25, 0.3) is 0 Å². The van der Waals surface area contributed by atoms with Gasteiger partial charge >= 0.3 is 0 Å². The van der Waals surface area contributed by atoms with Crippen molar-refractivity contribution in [2.75, 3.05) is 0 Å². The Balaban J connectivity index is 0.00000169. The number of rotatable bonds is 3. The SMILES string of the molecule is C=CC[C@@H](N)c1cccc(F)c1Cl.Cl. The van der Waals surface area contributed by atoms with Gasteiger partial charge in [-0.05, 0) is 18.1 Å². The van der Waals surface area contributed by atoms with E-state index >= 15 is 0 Å². The molecule has 1 nitrogen and oxygen atoms in total. The highest BCUT2D eigenvalue weighted by Crippen LogP contribution is 2.25. The molecule has 1 rings (SSSR count). The second-order valence-electron chi connectivity index (χ2n) is 2.77. The summed E-state index contributed by atoms with van der Waals surface area (Å²) >= 11 is 5.73. The van der Waals surface area contributed by atoms with Crippen molar-refractivity contribution >= 4 is 24.0 Å². The second kappa shape index (κ2) is 6.02. The second-order valence-corrected chi connectivity index (χ2v) is 3.15. The van der Waals surface area contributed by atoms with Gasteiger partial charge in [0.25, 0.3) is 0 Å². The van der Waals surface area contributed by atoms with E-state index in [1.165, 1.54) is 6.07 Å². The summed E-state index contributed by atoms with van der Waals surface area (Å²) < 4.78 is 13.0. The first-order chi connectivity index (χ1) is 6.16. The lowest BCUT2D eigenvalue weighted by atomic mass is 10.0. The highest BCUT2D eigenvalue weighted by molar-refractivity contribution is 6.31. The summed E-state index contributed by atoms with van der Waals surface area (Å²) in [6.07, 6.45) is 2.27. The van der Waals surface area contributed by atoms with Crippen LogP contribution in [0.4, 0.5) is 4.39 Å². The van der Waals surface area contributed by atoms with Crippen LogP contribution in [-0.2, 0) is 0 Å². The summed E-state index contributed by atoms with van der Waals surface area (Å²) in [5, 5.41) is 0.108. The zero-order valence-corrected chi connectivity index (χ0v) is 9.11. The monoisotopic (exact) mass is 235 g/mol. The van der Waals surface area contributed by atoms with Crippen LogP contribution >= 0.6 is 24.0 Å². The molecule has 4 heteroatoms. The van der Waals surface area contributed by atoms with Crippen LogP contribution in [0, 0.1) is 5.82 Å². The summed E-state index contributed by atoms with van der Waals surface area (Å²) in [5.41, 5.74) is 6.38. The summed E-state index contributed by atoms with van der Waals surface area (Å²) in [5.74, 6) is -0.432. The van der Waals surface area contributed by atoms with E-state index < -0.39 is 5.82 Å². The molecule has 0 aliphatic carbocycles. The molecule has 0 spiro atoms. The number of hydrogen-bond acceptors (Lipinski definition) is 1. The Morgan fingerprint density at radius 1 is 1.57 bits per heavy atom. The van der Waals surface area contributed by atoms with Gasteiger partial charge < -0.3 is 5.73 Å². The van der Waals surface area contributed by atoms with Crippen LogP contribution in [0.5, 0.6) is 0 Å². The van der Waals surface area contributed by atoms with E-state index in [0.717, 1.165) is 0 Å². The Morgan fingerprint density at radius 3 is 2.79 bits per heavy atom. The van der Waals surface area contributed by atoms with Crippen molar-refractivity contribution in [2.24, 2.45) is 5.73 Å². The molecule has 0 aliphatic rings. The zero-order valence-electron chi connectivity index (χ0n) is 7.54. The molecule has 0 unspecified atom stereocenters. The van der Waals surface area contributed by atoms with Crippen molar-refractivity contribution in [1.82, 2.24) is 0 Å². The Hall–Kier alpha value is -0.570. The first-order valence-corrected chi connectivity index (χ1v) is 4.35. The lowest BCUT2D eigenvalue weighted by molar-refractivity contribution is 0.620. The summed E-state index contributed by atoms with van der Waals surface area (Å²) in [7, 11) is 0. The molecule has 0 aliphatic heterocycles. The first kappa shape index (κ1) is 13.4. The average Bonchev–Trinajstić information content (AvgIpc) is 2.10. The maximum atomic E-state index is 13.0. The van der Waals surface area contributed by atoms with Gasteiger partial charge in [-0.2, -0.15) is 0 Å². The third-order valence-electron chi connectivity index (χ3n) is 1.80. The fraction of sp³-hybridized carbons (Fsp3) is 0.200. The minimum atomic E-state index is -0.432. The molecular weight excluding hydrogens is 224 g/mol. The largest absolute Gasteiger partial charge is 0.324 e. The quantitative estimate of drug-likeness (QED) is 0.799. The van der Waals surface area contributed by atoms with Crippen LogP contribution in [0.2, 0.25) is 5.02 Å². The third kappa shape index (κ3) is 2.98. The molecular formula is C10H12Cl2FN. The lowest BCUT2D eigenvalue weighted by Crippen LogP contribution is -2.10. The molecule has 0 amide bonds. The molecule has 14 heavy (non-hydrogen) atoms. The van der Waals surface area contributed by atoms with E-state index in [0.29, 0.717) is 12.0 Å². The summed E-state index contributed by atoms with van der Waals surface area (Å²) in [6, 6.07) is 4.35. The van der Waals surface area contributed by atoms with Crippen LogP contribution in [0.3, 0.4) is 0 Å². The molecule has 0 saturated heterocycles. The van der Waals surface area contributed by atoms with Crippen molar-refractivity contribution in [3.8, 4) is 0 Å². The molecule has 1 aromatic rings. The van der Waals surface area contributed by atoms with E-state index in [4.69, 9.17) is 17.3 Å². The normalized spacial score (nSPS) is 11.6. The van der Waals surface area contributed by atoms with Crippen molar-refractivity contribution in [3.05, 3.63) is 47.3 Å².